The molecule has 0 aromatic carbocycles. The molecule has 86 valence electrons. The van der Waals surface area contributed by atoms with Crippen LogP contribution in [0.4, 0.5) is 0 Å². The minimum atomic E-state index is 0. The van der Waals surface area contributed by atoms with E-state index >= 15 is 0 Å². The minimum Gasteiger partial charge on any atom is -0.330 e. The topological polar surface area (TPSA) is 64.9 Å². The summed E-state index contributed by atoms with van der Waals surface area (Å²) >= 11 is 5.67. The maximum Gasteiger partial charge on any atom is 0.129 e. The predicted octanol–water partition coefficient (Wildman–Crippen LogP) is 2.29. The second kappa shape index (κ2) is 7.88. The van der Waals surface area contributed by atoms with Gasteiger partial charge in [-0.1, -0.05) is 24.1 Å². The van der Waals surface area contributed by atoms with Crippen molar-refractivity contribution in [1.29, 1.82) is 0 Å². The monoisotopic (exact) mass is 249 g/mol. The Kier molecular flexibility index (Phi) is 7.70. The van der Waals surface area contributed by atoms with Gasteiger partial charge in [0.05, 0.1) is 0 Å². The van der Waals surface area contributed by atoms with Gasteiger partial charge in [0.25, 0.3) is 0 Å². The van der Waals surface area contributed by atoms with Gasteiger partial charge in [0.2, 0.25) is 0 Å². The molecule has 1 atom stereocenters. The molecule has 1 aromatic heterocycles. The Morgan fingerprint density at radius 2 is 2.07 bits per heavy atom. The summed E-state index contributed by atoms with van der Waals surface area (Å²) in [6.07, 6.45) is 4.75. The number of hydrogen-bond acceptors (Lipinski definition) is 3. The molecule has 0 radical (unpaired) electrons. The summed E-state index contributed by atoms with van der Waals surface area (Å²) in [6.45, 7) is 0.728. The van der Waals surface area contributed by atoms with Crippen LogP contribution in [0.15, 0.2) is 18.3 Å². The van der Waals surface area contributed by atoms with Crippen molar-refractivity contribution in [2.75, 3.05) is 6.54 Å². The highest BCUT2D eigenvalue weighted by molar-refractivity contribution is 6.29. The highest BCUT2D eigenvalue weighted by Crippen LogP contribution is 2.16. The Morgan fingerprint density at radius 3 is 2.60 bits per heavy atom. The van der Waals surface area contributed by atoms with Gasteiger partial charge in [-0.15, -0.1) is 12.4 Å². The van der Waals surface area contributed by atoms with Crippen LogP contribution < -0.4 is 11.5 Å². The fourth-order valence-electron chi connectivity index (χ4n) is 1.28. The Hall–Kier alpha value is -0.350. The van der Waals surface area contributed by atoms with Gasteiger partial charge < -0.3 is 11.5 Å². The van der Waals surface area contributed by atoms with E-state index in [0.717, 1.165) is 31.4 Å². The number of nitrogens with two attached hydrogens (primary N) is 2. The predicted molar refractivity (Wildman–Crippen MR) is 66.3 cm³/mol. The maximum atomic E-state index is 5.96. The standard InChI is InChI=1S/C10H16ClN3.ClH/c11-10-5-4-8(7-14-10)9(13)3-1-2-6-12;/h4-5,7,9H,1-3,6,12-13H2;1H/t9-;/m1./s1. The van der Waals surface area contributed by atoms with Crippen molar-refractivity contribution in [2.45, 2.75) is 25.3 Å². The smallest absolute Gasteiger partial charge is 0.129 e. The number of unbranched alkanes of at least 4 members (excludes halogenated alkanes) is 1. The van der Waals surface area contributed by atoms with Crippen LogP contribution in [0.2, 0.25) is 5.15 Å². The van der Waals surface area contributed by atoms with Gasteiger partial charge in [-0.25, -0.2) is 4.98 Å². The van der Waals surface area contributed by atoms with Gasteiger partial charge in [-0.05, 0) is 31.0 Å². The minimum absolute atomic E-state index is 0. The average Bonchev–Trinajstić information content (AvgIpc) is 2.19. The van der Waals surface area contributed by atoms with E-state index in [9.17, 15) is 0 Å². The molecule has 0 aliphatic heterocycles. The van der Waals surface area contributed by atoms with Gasteiger partial charge in [0.15, 0.2) is 0 Å². The van der Waals surface area contributed by atoms with Crippen LogP contribution in [0, 0.1) is 0 Å². The third-order valence-electron chi connectivity index (χ3n) is 2.15. The van der Waals surface area contributed by atoms with E-state index in [4.69, 9.17) is 23.1 Å². The molecular formula is C10H17Cl2N3. The number of halogens is 2. The number of rotatable bonds is 5. The van der Waals surface area contributed by atoms with Crippen molar-refractivity contribution in [1.82, 2.24) is 4.98 Å². The molecule has 1 heterocycles. The lowest BCUT2D eigenvalue weighted by Crippen LogP contribution is -2.11. The summed E-state index contributed by atoms with van der Waals surface area (Å²) < 4.78 is 0. The first kappa shape index (κ1) is 14.6. The molecule has 0 fully saturated rings. The van der Waals surface area contributed by atoms with Crippen LogP contribution in [0.5, 0.6) is 0 Å². The van der Waals surface area contributed by atoms with Crippen molar-refractivity contribution >= 4 is 24.0 Å². The van der Waals surface area contributed by atoms with Crippen molar-refractivity contribution in [3.8, 4) is 0 Å². The van der Waals surface area contributed by atoms with Crippen LogP contribution in [0.25, 0.3) is 0 Å². The van der Waals surface area contributed by atoms with Crippen LogP contribution in [-0.4, -0.2) is 11.5 Å². The van der Waals surface area contributed by atoms with E-state index in [1.165, 1.54) is 0 Å². The SMILES string of the molecule is Cl.NCCCC[C@@H](N)c1ccc(Cl)nc1. The first-order valence-corrected chi connectivity index (χ1v) is 5.19. The lowest BCUT2D eigenvalue weighted by molar-refractivity contribution is 0.589. The molecule has 1 aromatic rings. The van der Waals surface area contributed by atoms with E-state index in [-0.39, 0.29) is 18.4 Å². The van der Waals surface area contributed by atoms with Crippen molar-refractivity contribution < 1.29 is 0 Å². The van der Waals surface area contributed by atoms with Crippen LogP contribution in [-0.2, 0) is 0 Å². The number of pyridine rings is 1. The Balaban J connectivity index is 0.00000196. The van der Waals surface area contributed by atoms with E-state index in [2.05, 4.69) is 4.98 Å². The molecular weight excluding hydrogens is 233 g/mol. The van der Waals surface area contributed by atoms with Gasteiger partial charge >= 0.3 is 0 Å². The zero-order chi connectivity index (χ0) is 10.4. The number of aromatic nitrogens is 1. The molecule has 3 nitrogen and oxygen atoms in total. The number of hydrogen-bond donors (Lipinski definition) is 2. The molecule has 0 unspecified atom stereocenters. The average molecular weight is 250 g/mol. The summed E-state index contributed by atoms with van der Waals surface area (Å²) in [5.41, 5.74) is 12.4. The first-order chi connectivity index (χ1) is 6.74. The molecule has 0 aliphatic rings. The third kappa shape index (κ3) is 5.33. The summed E-state index contributed by atoms with van der Waals surface area (Å²) in [6, 6.07) is 3.73. The molecule has 0 spiro atoms. The van der Waals surface area contributed by atoms with E-state index < -0.39 is 0 Å². The van der Waals surface area contributed by atoms with Crippen molar-refractivity contribution in [3.05, 3.63) is 29.0 Å². The lowest BCUT2D eigenvalue weighted by Gasteiger charge is -2.10. The molecule has 0 aliphatic carbocycles. The van der Waals surface area contributed by atoms with E-state index in [0.29, 0.717) is 5.15 Å². The lowest BCUT2D eigenvalue weighted by atomic mass is 10.0. The summed E-state index contributed by atoms with van der Waals surface area (Å²) in [7, 11) is 0. The second-order valence-corrected chi connectivity index (χ2v) is 3.69. The molecule has 0 amide bonds. The Labute approximate surface area is 102 Å². The summed E-state index contributed by atoms with van der Waals surface area (Å²) in [5, 5.41) is 0.503. The molecule has 0 saturated carbocycles. The van der Waals surface area contributed by atoms with Crippen molar-refractivity contribution in [2.24, 2.45) is 11.5 Å². The largest absolute Gasteiger partial charge is 0.330 e. The molecule has 15 heavy (non-hydrogen) atoms. The number of nitrogens with zero attached hydrogens (tertiary/aromatic N) is 1. The highest BCUT2D eigenvalue weighted by atomic mass is 35.5. The third-order valence-corrected chi connectivity index (χ3v) is 2.37. The maximum absolute atomic E-state index is 5.96. The van der Waals surface area contributed by atoms with Crippen LogP contribution in [0.1, 0.15) is 30.9 Å². The van der Waals surface area contributed by atoms with Crippen molar-refractivity contribution in [3.63, 3.8) is 0 Å². The van der Waals surface area contributed by atoms with Gasteiger partial charge in [0, 0.05) is 12.2 Å². The summed E-state index contributed by atoms with van der Waals surface area (Å²) in [5.74, 6) is 0. The van der Waals surface area contributed by atoms with E-state index in [1.807, 2.05) is 6.07 Å². The molecule has 5 heteroatoms. The van der Waals surface area contributed by atoms with Gasteiger partial charge in [-0.3, -0.25) is 0 Å². The first-order valence-electron chi connectivity index (χ1n) is 4.81. The quantitative estimate of drug-likeness (QED) is 0.622. The Morgan fingerprint density at radius 1 is 1.33 bits per heavy atom. The summed E-state index contributed by atoms with van der Waals surface area (Å²) in [4.78, 5) is 3.99. The Bertz CT molecular complexity index is 264. The van der Waals surface area contributed by atoms with Crippen LogP contribution >= 0.6 is 24.0 Å². The normalized spacial score (nSPS) is 11.9. The fraction of sp³-hybridized carbons (Fsp3) is 0.500. The van der Waals surface area contributed by atoms with Crippen LogP contribution in [0.3, 0.4) is 0 Å². The molecule has 0 bridgehead atoms. The molecule has 0 saturated heterocycles. The molecule has 4 N–H and O–H groups in total. The highest BCUT2D eigenvalue weighted by Gasteiger charge is 2.05. The van der Waals surface area contributed by atoms with E-state index in [1.54, 1.807) is 12.3 Å². The zero-order valence-electron chi connectivity index (χ0n) is 8.53. The fourth-order valence-corrected chi connectivity index (χ4v) is 1.39. The van der Waals surface area contributed by atoms with Gasteiger partial charge in [-0.2, -0.15) is 0 Å². The molecule has 1 rings (SSSR count). The van der Waals surface area contributed by atoms with Gasteiger partial charge in [0.1, 0.15) is 5.15 Å². The zero-order valence-corrected chi connectivity index (χ0v) is 10.1. The second-order valence-electron chi connectivity index (χ2n) is 3.31.